The number of methoxy groups -OCH3 is 1. The average Bonchev–Trinajstić information content (AvgIpc) is 2.46. The number of rotatable bonds is 6. The number of aldehydes is 1. The van der Waals surface area contributed by atoms with Crippen molar-refractivity contribution in [1.29, 1.82) is 0 Å². The fourth-order valence-electron chi connectivity index (χ4n) is 1.43. The SMILES string of the molecule is C#CCNC(=O)C(C)Oc1c(Br)cc(C=O)cc1OC. The first-order chi connectivity index (χ1) is 9.53. The number of amides is 1. The van der Waals surface area contributed by atoms with E-state index in [1.165, 1.54) is 13.2 Å². The van der Waals surface area contributed by atoms with E-state index in [-0.39, 0.29) is 12.5 Å². The molecule has 1 aromatic carbocycles. The Balaban J connectivity index is 2.94. The minimum atomic E-state index is -0.754. The molecule has 1 rings (SSSR count). The molecule has 0 aliphatic rings. The van der Waals surface area contributed by atoms with E-state index in [0.29, 0.717) is 27.8 Å². The van der Waals surface area contributed by atoms with Crippen LogP contribution in [0.1, 0.15) is 17.3 Å². The molecule has 0 fully saturated rings. The first-order valence-electron chi connectivity index (χ1n) is 5.74. The van der Waals surface area contributed by atoms with Gasteiger partial charge in [-0.2, -0.15) is 0 Å². The molecule has 1 N–H and O–H groups in total. The standard InChI is InChI=1S/C14H14BrNO4/c1-4-5-16-14(18)9(2)20-13-11(15)6-10(8-17)7-12(13)19-3/h1,6-9H,5H2,2-3H3,(H,16,18). The molecule has 0 saturated heterocycles. The van der Waals surface area contributed by atoms with E-state index in [9.17, 15) is 9.59 Å². The highest BCUT2D eigenvalue weighted by atomic mass is 79.9. The quantitative estimate of drug-likeness (QED) is 0.633. The summed E-state index contributed by atoms with van der Waals surface area (Å²) >= 11 is 3.28. The molecule has 1 aromatic rings. The summed E-state index contributed by atoms with van der Waals surface area (Å²) in [7, 11) is 1.45. The van der Waals surface area contributed by atoms with Crippen molar-refractivity contribution >= 4 is 28.1 Å². The number of carbonyl (C=O) groups is 2. The van der Waals surface area contributed by atoms with Crippen LogP contribution in [0.4, 0.5) is 0 Å². The molecular weight excluding hydrogens is 326 g/mol. The molecule has 0 spiro atoms. The largest absolute Gasteiger partial charge is 0.493 e. The minimum Gasteiger partial charge on any atom is -0.493 e. The Morgan fingerprint density at radius 1 is 1.60 bits per heavy atom. The summed E-state index contributed by atoms with van der Waals surface area (Å²) < 4.78 is 11.2. The maximum atomic E-state index is 11.7. The Bertz CT molecular complexity index is 551. The average molecular weight is 340 g/mol. The van der Waals surface area contributed by atoms with Gasteiger partial charge in [0.1, 0.15) is 6.29 Å². The third-order valence-corrected chi connectivity index (χ3v) is 3.01. The van der Waals surface area contributed by atoms with Gasteiger partial charge in [0, 0.05) is 5.56 Å². The Morgan fingerprint density at radius 3 is 2.85 bits per heavy atom. The fraction of sp³-hybridized carbons (Fsp3) is 0.286. The third kappa shape index (κ3) is 4.00. The van der Waals surface area contributed by atoms with E-state index < -0.39 is 6.10 Å². The van der Waals surface area contributed by atoms with Gasteiger partial charge in [-0.3, -0.25) is 9.59 Å². The summed E-state index contributed by atoms with van der Waals surface area (Å²) in [6.45, 7) is 1.72. The van der Waals surface area contributed by atoms with Crippen molar-refractivity contribution in [3.63, 3.8) is 0 Å². The van der Waals surface area contributed by atoms with Crippen molar-refractivity contribution in [2.75, 3.05) is 13.7 Å². The van der Waals surface area contributed by atoms with Crippen molar-refractivity contribution in [3.8, 4) is 23.8 Å². The number of benzene rings is 1. The van der Waals surface area contributed by atoms with E-state index >= 15 is 0 Å². The van der Waals surface area contributed by atoms with Gasteiger partial charge in [0.25, 0.3) is 5.91 Å². The van der Waals surface area contributed by atoms with Crippen LogP contribution in [0.25, 0.3) is 0 Å². The van der Waals surface area contributed by atoms with Crippen LogP contribution in [0.3, 0.4) is 0 Å². The number of terminal acetylenes is 1. The molecule has 0 bridgehead atoms. The van der Waals surface area contributed by atoms with Crippen LogP contribution in [0.5, 0.6) is 11.5 Å². The van der Waals surface area contributed by atoms with Crippen LogP contribution in [0.2, 0.25) is 0 Å². The smallest absolute Gasteiger partial charge is 0.261 e. The normalized spacial score (nSPS) is 11.1. The summed E-state index contributed by atoms with van der Waals surface area (Å²) in [5, 5.41) is 2.52. The molecule has 1 amide bonds. The lowest BCUT2D eigenvalue weighted by Gasteiger charge is -2.17. The fourth-order valence-corrected chi connectivity index (χ4v) is 1.99. The van der Waals surface area contributed by atoms with Gasteiger partial charge in [0.15, 0.2) is 17.6 Å². The molecule has 20 heavy (non-hydrogen) atoms. The van der Waals surface area contributed by atoms with Crippen molar-refractivity contribution < 1.29 is 19.1 Å². The Morgan fingerprint density at radius 2 is 2.30 bits per heavy atom. The van der Waals surface area contributed by atoms with Crippen molar-refractivity contribution in [3.05, 3.63) is 22.2 Å². The van der Waals surface area contributed by atoms with Crippen molar-refractivity contribution in [2.45, 2.75) is 13.0 Å². The topological polar surface area (TPSA) is 64.6 Å². The van der Waals surface area contributed by atoms with E-state index in [1.54, 1.807) is 13.0 Å². The molecule has 0 aliphatic heterocycles. The summed E-state index contributed by atoms with van der Waals surface area (Å²) in [6.07, 6.45) is 5.01. The predicted molar refractivity (Wildman–Crippen MR) is 78.0 cm³/mol. The molecule has 106 valence electrons. The second-order valence-corrected chi connectivity index (χ2v) is 4.69. The lowest BCUT2D eigenvalue weighted by atomic mass is 10.2. The molecule has 0 radical (unpaired) electrons. The number of hydrogen-bond donors (Lipinski definition) is 1. The first-order valence-corrected chi connectivity index (χ1v) is 6.53. The molecule has 5 nitrogen and oxygen atoms in total. The molecule has 1 atom stereocenters. The van der Waals surface area contributed by atoms with Gasteiger partial charge in [-0.1, -0.05) is 5.92 Å². The maximum Gasteiger partial charge on any atom is 0.261 e. The van der Waals surface area contributed by atoms with Gasteiger partial charge >= 0.3 is 0 Å². The van der Waals surface area contributed by atoms with Crippen LogP contribution in [0, 0.1) is 12.3 Å². The summed E-state index contributed by atoms with van der Waals surface area (Å²) in [5.41, 5.74) is 0.436. The molecule has 0 saturated carbocycles. The van der Waals surface area contributed by atoms with E-state index in [2.05, 4.69) is 27.2 Å². The monoisotopic (exact) mass is 339 g/mol. The van der Waals surface area contributed by atoms with Crippen LogP contribution < -0.4 is 14.8 Å². The molecule has 0 aromatic heterocycles. The number of nitrogens with one attached hydrogen (secondary N) is 1. The highest BCUT2D eigenvalue weighted by molar-refractivity contribution is 9.10. The minimum absolute atomic E-state index is 0.134. The predicted octanol–water partition coefficient (Wildman–Crippen LogP) is 1.79. The Hall–Kier alpha value is -2.00. The highest BCUT2D eigenvalue weighted by Crippen LogP contribution is 2.36. The number of halogens is 1. The van der Waals surface area contributed by atoms with Gasteiger partial charge < -0.3 is 14.8 Å². The number of ether oxygens (including phenoxy) is 2. The van der Waals surface area contributed by atoms with Crippen molar-refractivity contribution in [1.82, 2.24) is 5.32 Å². The summed E-state index contributed by atoms with van der Waals surface area (Å²) in [5.74, 6) is 2.68. The summed E-state index contributed by atoms with van der Waals surface area (Å²) in [4.78, 5) is 22.5. The Labute approximate surface area is 125 Å². The third-order valence-electron chi connectivity index (χ3n) is 2.42. The van der Waals surface area contributed by atoms with Gasteiger partial charge in [-0.25, -0.2) is 0 Å². The van der Waals surface area contributed by atoms with Crippen LogP contribution in [0.15, 0.2) is 16.6 Å². The molecule has 6 heteroatoms. The van der Waals surface area contributed by atoms with E-state index in [4.69, 9.17) is 15.9 Å². The zero-order valence-electron chi connectivity index (χ0n) is 11.1. The molecule has 0 heterocycles. The molecule has 1 unspecified atom stereocenters. The molecule has 0 aliphatic carbocycles. The molecular formula is C14H14BrNO4. The zero-order chi connectivity index (χ0) is 15.1. The van der Waals surface area contributed by atoms with Gasteiger partial charge in [0.05, 0.1) is 18.1 Å². The summed E-state index contributed by atoms with van der Waals surface area (Å²) in [6, 6.07) is 3.11. The second-order valence-electron chi connectivity index (χ2n) is 3.83. The van der Waals surface area contributed by atoms with Crippen LogP contribution in [-0.2, 0) is 4.79 Å². The lowest BCUT2D eigenvalue weighted by Crippen LogP contribution is -2.36. The Kier molecular flexibility index (Phi) is 6.07. The highest BCUT2D eigenvalue weighted by Gasteiger charge is 2.19. The van der Waals surface area contributed by atoms with Gasteiger partial charge in [0.2, 0.25) is 0 Å². The number of hydrogen-bond acceptors (Lipinski definition) is 4. The maximum absolute atomic E-state index is 11.7. The van der Waals surface area contributed by atoms with Gasteiger partial charge in [-0.05, 0) is 35.0 Å². The second kappa shape index (κ2) is 7.56. The number of carbonyl (C=O) groups excluding carboxylic acids is 2. The van der Waals surface area contributed by atoms with E-state index in [1.807, 2.05) is 0 Å². The zero-order valence-corrected chi connectivity index (χ0v) is 12.7. The first kappa shape index (κ1) is 16.1. The van der Waals surface area contributed by atoms with Crippen molar-refractivity contribution in [2.24, 2.45) is 0 Å². The van der Waals surface area contributed by atoms with Crippen LogP contribution in [-0.4, -0.2) is 32.0 Å². The van der Waals surface area contributed by atoms with Crippen LogP contribution >= 0.6 is 15.9 Å². The van der Waals surface area contributed by atoms with Gasteiger partial charge in [-0.15, -0.1) is 6.42 Å². The lowest BCUT2D eigenvalue weighted by molar-refractivity contribution is -0.127. The van der Waals surface area contributed by atoms with E-state index in [0.717, 1.165) is 0 Å².